The van der Waals surface area contributed by atoms with Crippen molar-refractivity contribution in [3.05, 3.63) is 34.9 Å². The minimum atomic E-state index is 0.0323. The minimum absolute atomic E-state index is 0.0323. The maximum absolute atomic E-state index is 5.89. The van der Waals surface area contributed by atoms with E-state index in [0.29, 0.717) is 19.1 Å². The molecule has 1 rings (SSSR count). The van der Waals surface area contributed by atoms with Crippen molar-refractivity contribution in [3.63, 3.8) is 0 Å². The highest BCUT2D eigenvalue weighted by Crippen LogP contribution is 2.19. The first-order valence-electron chi connectivity index (χ1n) is 6.73. The molecule has 19 heavy (non-hydrogen) atoms. The second kappa shape index (κ2) is 9.32. The molecule has 3 nitrogen and oxygen atoms in total. The molecule has 1 atom stereocenters. The zero-order valence-electron chi connectivity index (χ0n) is 12.0. The highest BCUT2D eigenvalue weighted by Gasteiger charge is 2.10. The summed E-state index contributed by atoms with van der Waals surface area (Å²) in [6, 6.07) is 7.77. The summed E-state index contributed by atoms with van der Waals surface area (Å²) in [5.74, 6) is 0.560. The van der Waals surface area contributed by atoms with Gasteiger partial charge in [-0.3, -0.25) is 0 Å². The van der Waals surface area contributed by atoms with Gasteiger partial charge < -0.3 is 14.8 Å². The Labute approximate surface area is 121 Å². The molecule has 1 N–H and O–H groups in total. The van der Waals surface area contributed by atoms with Crippen LogP contribution in [-0.2, 0) is 9.47 Å². The van der Waals surface area contributed by atoms with Gasteiger partial charge >= 0.3 is 0 Å². The van der Waals surface area contributed by atoms with Crippen LogP contribution < -0.4 is 5.32 Å². The van der Waals surface area contributed by atoms with E-state index in [1.54, 1.807) is 0 Å². The van der Waals surface area contributed by atoms with Crippen LogP contribution in [0.1, 0.15) is 25.5 Å². The lowest BCUT2D eigenvalue weighted by Gasteiger charge is -2.18. The third kappa shape index (κ3) is 6.92. The van der Waals surface area contributed by atoms with Crippen molar-refractivity contribution < 1.29 is 9.47 Å². The predicted octanol–water partition coefficient (Wildman–Crippen LogP) is 3.29. The second-order valence-electron chi connectivity index (χ2n) is 4.94. The lowest BCUT2D eigenvalue weighted by atomic mass is 10.1. The van der Waals surface area contributed by atoms with Gasteiger partial charge in [0.05, 0.1) is 19.3 Å². The number of hydrogen-bond donors (Lipinski definition) is 1. The minimum Gasteiger partial charge on any atom is -0.379 e. The van der Waals surface area contributed by atoms with Gasteiger partial charge in [-0.25, -0.2) is 0 Å². The summed E-state index contributed by atoms with van der Waals surface area (Å²) in [5.41, 5.74) is 1.13. The summed E-state index contributed by atoms with van der Waals surface area (Å²) in [5, 5.41) is 3.88. The summed E-state index contributed by atoms with van der Waals surface area (Å²) in [6.45, 7) is 7.05. The molecule has 0 aliphatic rings. The molecule has 0 aromatic heterocycles. The fourth-order valence-electron chi connectivity index (χ4n) is 1.70. The molecule has 4 heteroatoms. The third-order valence-corrected chi connectivity index (χ3v) is 2.88. The number of likely N-dealkylation sites (N-methyl/N-ethyl adjacent to an activating group) is 1. The number of hydrogen-bond acceptors (Lipinski definition) is 3. The Morgan fingerprint density at radius 3 is 2.42 bits per heavy atom. The molecular weight excluding hydrogens is 262 g/mol. The van der Waals surface area contributed by atoms with Crippen LogP contribution in [0.15, 0.2) is 24.3 Å². The summed E-state index contributed by atoms with van der Waals surface area (Å²) >= 11 is 5.89. The van der Waals surface area contributed by atoms with Gasteiger partial charge in [0.15, 0.2) is 0 Å². The van der Waals surface area contributed by atoms with E-state index in [1.807, 2.05) is 31.3 Å². The van der Waals surface area contributed by atoms with Crippen molar-refractivity contribution in [1.82, 2.24) is 5.32 Å². The van der Waals surface area contributed by atoms with Gasteiger partial charge in [-0.1, -0.05) is 37.6 Å². The summed E-state index contributed by atoms with van der Waals surface area (Å²) in [4.78, 5) is 0. The van der Waals surface area contributed by atoms with Gasteiger partial charge in [-0.15, -0.1) is 0 Å². The van der Waals surface area contributed by atoms with E-state index in [9.17, 15) is 0 Å². The van der Waals surface area contributed by atoms with E-state index in [2.05, 4.69) is 19.2 Å². The van der Waals surface area contributed by atoms with Crippen molar-refractivity contribution in [1.29, 1.82) is 0 Å². The van der Waals surface area contributed by atoms with Crippen LogP contribution in [0.5, 0.6) is 0 Å². The van der Waals surface area contributed by atoms with E-state index in [-0.39, 0.29) is 6.10 Å². The van der Waals surface area contributed by atoms with Crippen molar-refractivity contribution in [2.75, 3.05) is 33.4 Å². The first-order chi connectivity index (χ1) is 9.13. The first-order valence-corrected chi connectivity index (χ1v) is 7.10. The fraction of sp³-hybridized carbons (Fsp3) is 0.600. The van der Waals surface area contributed by atoms with E-state index in [0.717, 1.165) is 23.7 Å². The summed E-state index contributed by atoms with van der Waals surface area (Å²) < 4.78 is 11.4. The van der Waals surface area contributed by atoms with Crippen LogP contribution in [0, 0.1) is 5.92 Å². The van der Waals surface area contributed by atoms with Crippen LogP contribution >= 0.6 is 11.6 Å². The quantitative estimate of drug-likeness (QED) is 0.706. The van der Waals surface area contributed by atoms with Crippen molar-refractivity contribution in [2.24, 2.45) is 5.92 Å². The molecule has 0 aliphatic heterocycles. The second-order valence-corrected chi connectivity index (χ2v) is 5.37. The van der Waals surface area contributed by atoms with Crippen LogP contribution in [0.25, 0.3) is 0 Å². The van der Waals surface area contributed by atoms with Crippen LogP contribution in [-0.4, -0.2) is 33.4 Å². The van der Waals surface area contributed by atoms with Gasteiger partial charge in [-0.05, 0) is 30.7 Å². The van der Waals surface area contributed by atoms with Crippen molar-refractivity contribution >= 4 is 11.6 Å². The van der Waals surface area contributed by atoms with Gasteiger partial charge in [0.1, 0.15) is 0 Å². The number of ether oxygens (including phenoxy) is 2. The number of halogens is 1. The molecule has 0 radical (unpaired) electrons. The Morgan fingerprint density at radius 2 is 1.84 bits per heavy atom. The van der Waals surface area contributed by atoms with E-state index in [4.69, 9.17) is 21.1 Å². The zero-order valence-corrected chi connectivity index (χ0v) is 12.7. The third-order valence-electron chi connectivity index (χ3n) is 2.63. The number of benzene rings is 1. The molecule has 0 saturated carbocycles. The normalized spacial score (nSPS) is 12.9. The molecule has 1 unspecified atom stereocenters. The summed E-state index contributed by atoms with van der Waals surface area (Å²) in [7, 11) is 1.92. The molecule has 0 spiro atoms. The average Bonchev–Trinajstić information content (AvgIpc) is 2.38. The molecule has 108 valence electrons. The largest absolute Gasteiger partial charge is 0.379 e. The lowest BCUT2D eigenvalue weighted by Crippen LogP contribution is -2.21. The van der Waals surface area contributed by atoms with Crippen LogP contribution in [0.2, 0.25) is 5.02 Å². The lowest BCUT2D eigenvalue weighted by molar-refractivity contribution is -0.000660. The van der Waals surface area contributed by atoms with E-state index < -0.39 is 0 Å². The molecule has 0 amide bonds. The number of rotatable bonds is 9. The number of nitrogens with one attached hydrogen (secondary N) is 1. The van der Waals surface area contributed by atoms with Crippen LogP contribution in [0.4, 0.5) is 0 Å². The van der Waals surface area contributed by atoms with Gasteiger partial charge in [-0.2, -0.15) is 0 Å². The Bertz CT molecular complexity index is 341. The fourth-order valence-corrected chi connectivity index (χ4v) is 1.83. The molecule has 0 bridgehead atoms. The van der Waals surface area contributed by atoms with Gasteiger partial charge in [0, 0.05) is 18.2 Å². The molecule has 1 aromatic carbocycles. The van der Waals surface area contributed by atoms with Gasteiger partial charge in [0.2, 0.25) is 0 Å². The maximum atomic E-state index is 5.89. The van der Waals surface area contributed by atoms with E-state index in [1.165, 1.54) is 0 Å². The van der Waals surface area contributed by atoms with Crippen molar-refractivity contribution in [2.45, 2.75) is 20.0 Å². The monoisotopic (exact) mass is 285 g/mol. The Morgan fingerprint density at radius 1 is 1.16 bits per heavy atom. The van der Waals surface area contributed by atoms with Crippen molar-refractivity contribution in [3.8, 4) is 0 Å². The van der Waals surface area contributed by atoms with Crippen LogP contribution in [0.3, 0.4) is 0 Å². The first kappa shape index (κ1) is 16.4. The standard InChI is InChI=1S/C15H24ClNO2/c1-12(2)11-18-8-9-19-15(10-17-3)13-4-6-14(16)7-5-13/h4-7,12,15,17H,8-11H2,1-3H3. The van der Waals surface area contributed by atoms with Gasteiger partial charge in [0.25, 0.3) is 0 Å². The molecule has 0 aliphatic carbocycles. The zero-order chi connectivity index (χ0) is 14.1. The Balaban J connectivity index is 2.38. The highest BCUT2D eigenvalue weighted by atomic mass is 35.5. The predicted molar refractivity (Wildman–Crippen MR) is 79.7 cm³/mol. The summed E-state index contributed by atoms with van der Waals surface area (Å²) in [6.07, 6.45) is 0.0323. The molecule has 0 heterocycles. The maximum Gasteiger partial charge on any atom is 0.0950 e. The topological polar surface area (TPSA) is 30.5 Å². The Kier molecular flexibility index (Phi) is 8.07. The molecule has 0 fully saturated rings. The molecular formula is C15H24ClNO2. The molecule has 1 aromatic rings. The SMILES string of the molecule is CNCC(OCCOCC(C)C)c1ccc(Cl)cc1. The molecule has 0 saturated heterocycles. The smallest absolute Gasteiger partial charge is 0.0950 e. The Hall–Kier alpha value is -0.610. The highest BCUT2D eigenvalue weighted by molar-refractivity contribution is 6.30. The van der Waals surface area contributed by atoms with E-state index >= 15 is 0 Å². The average molecular weight is 286 g/mol.